The Morgan fingerprint density at radius 2 is 2.16 bits per heavy atom. The summed E-state index contributed by atoms with van der Waals surface area (Å²) in [5.74, 6) is 0.0205. The Morgan fingerprint density at radius 3 is 3.00 bits per heavy atom. The Bertz CT molecular complexity index is 975. The van der Waals surface area contributed by atoms with Crippen LogP contribution in [0.5, 0.6) is 5.75 Å². The molecule has 1 saturated carbocycles. The first-order valence-corrected chi connectivity index (χ1v) is 8.30. The number of ether oxygens (including phenoxy) is 1. The predicted octanol–water partition coefficient (Wildman–Crippen LogP) is 3.92. The maximum atomic E-state index is 13.3. The molecule has 4 rings (SSSR count). The van der Waals surface area contributed by atoms with Crippen molar-refractivity contribution in [2.24, 2.45) is 0 Å². The Hall–Kier alpha value is -2.94. The number of nitrogens with zero attached hydrogens (tertiary/aromatic N) is 4. The number of nitriles is 1. The summed E-state index contributed by atoms with van der Waals surface area (Å²) >= 11 is 0. The summed E-state index contributed by atoms with van der Waals surface area (Å²) in [6.45, 7) is 1.98. The largest absolute Gasteiger partial charge is 0.489 e. The number of rotatable bonds is 3. The van der Waals surface area contributed by atoms with Crippen LogP contribution in [0.3, 0.4) is 0 Å². The number of aromatic nitrogens is 3. The first-order chi connectivity index (χ1) is 12.2. The van der Waals surface area contributed by atoms with E-state index in [-0.39, 0.29) is 11.7 Å². The van der Waals surface area contributed by atoms with Crippen molar-refractivity contribution in [3.63, 3.8) is 0 Å². The highest BCUT2D eigenvalue weighted by molar-refractivity contribution is 5.78. The van der Waals surface area contributed by atoms with Gasteiger partial charge in [-0.15, -0.1) is 0 Å². The van der Waals surface area contributed by atoms with Crippen molar-refractivity contribution >= 4 is 11.0 Å². The van der Waals surface area contributed by atoms with E-state index in [1.165, 1.54) is 18.2 Å². The van der Waals surface area contributed by atoms with Gasteiger partial charge in [0.2, 0.25) is 0 Å². The van der Waals surface area contributed by atoms with Crippen molar-refractivity contribution in [3.8, 4) is 11.8 Å². The van der Waals surface area contributed by atoms with Crippen LogP contribution in [0.15, 0.2) is 36.8 Å². The van der Waals surface area contributed by atoms with Gasteiger partial charge in [-0.25, -0.2) is 14.4 Å². The van der Waals surface area contributed by atoms with E-state index in [9.17, 15) is 4.39 Å². The SMILES string of the molecule is Cc1ncnc2c1ccn2C1CC[C@@H](Oc2ccc(F)cc2C#N)C1. The number of hydrogen-bond donors (Lipinski definition) is 0. The van der Waals surface area contributed by atoms with Crippen LogP contribution in [0.25, 0.3) is 11.0 Å². The summed E-state index contributed by atoms with van der Waals surface area (Å²) in [6, 6.07) is 8.40. The van der Waals surface area contributed by atoms with E-state index < -0.39 is 5.82 Å². The molecule has 1 aromatic carbocycles. The third-order valence-corrected chi connectivity index (χ3v) is 4.81. The van der Waals surface area contributed by atoms with E-state index in [2.05, 4.69) is 20.7 Å². The van der Waals surface area contributed by atoms with Gasteiger partial charge in [0, 0.05) is 24.0 Å². The number of aryl methyl sites for hydroxylation is 1. The summed E-state index contributed by atoms with van der Waals surface area (Å²) in [5.41, 5.74) is 2.15. The smallest absolute Gasteiger partial charge is 0.143 e. The molecule has 6 heteroatoms. The molecule has 1 fully saturated rings. The Labute approximate surface area is 144 Å². The van der Waals surface area contributed by atoms with Crippen LogP contribution in [0.4, 0.5) is 4.39 Å². The first kappa shape index (κ1) is 15.6. The average Bonchev–Trinajstić information content (AvgIpc) is 3.23. The van der Waals surface area contributed by atoms with Crippen LogP contribution < -0.4 is 4.74 Å². The molecule has 1 aliphatic carbocycles. The molecule has 5 nitrogen and oxygen atoms in total. The van der Waals surface area contributed by atoms with E-state index >= 15 is 0 Å². The van der Waals surface area contributed by atoms with Crippen LogP contribution in [-0.4, -0.2) is 20.6 Å². The highest BCUT2D eigenvalue weighted by Gasteiger charge is 2.29. The maximum absolute atomic E-state index is 13.3. The van der Waals surface area contributed by atoms with E-state index in [0.717, 1.165) is 36.0 Å². The fraction of sp³-hybridized carbons (Fsp3) is 0.316. The third kappa shape index (κ3) is 2.82. The average molecular weight is 336 g/mol. The van der Waals surface area contributed by atoms with Crippen LogP contribution in [-0.2, 0) is 0 Å². The van der Waals surface area contributed by atoms with Crippen LogP contribution in [0.2, 0.25) is 0 Å². The van der Waals surface area contributed by atoms with Crippen molar-refractivity contribution in [3.05, 3.63) is 53.9 Å². The highest BCUT2D eigenvalue weighted by atomic mass is 19.1. The molecule has 2 heterocycles. The Balaban J connectivity index is 1.54. The first-order valence-electron chi connectivity index (χ1n) is 8.30. The molecular formula is C19H17FN4O. The molecule has 0 bridgehead atoms. The lowest BCUT2D eigenvalue weighted by molar-refractivity contribution is 0.204. The predicted molar refractivity (Wildman–Crippen MR) is 90.7 cm³/mol. The van der Waals surface area contributed by atoms with Crippen molar-refractivity contribution in [1.29, 1.82) is 5.26 Å². The molecule has 0 saturated heterocycles. The molecule has 0 N–H and O–H groups in total. The van der Waals surface area contributed by atoms with Gasteiger partial charge in [0.25, 0.3) is 0 Å². The topological polar surface area (TPSA) is 63.7 Å². The molecule has 2 atom stereocenters. The molecule has 0 amide bonds. The van der Waals surface area contributed by atoms with Gasteiger partial charge < -0.3 is 9.30 Å². The summed E-state index contributed by atoms with van der Waals surface area (Å²) in [4.78, 5) is 8.65. The van der Waals surface area contributed by atoms with Gasteiger partial charge in [-0.1, -0.05) is 0 Å². The molecule has 1 unspecified atom stereocenters. The van der Waals surface area contributed by atoms with Crippen molar-refractivity contribution in [1.82, 2.24) is 14.5 Å². The Morgan fingerprint density at radius 1 is 1.28 bits per heavy atom. The van der Waals surface area contributed by atoms with Gasteiger partial charge in [0.1, 0.15) is 35.7 Å². The monoisotopic (exact) mass is 336 g/mol. The van der Waals surface area contributed by atoms with Gasteiger partial charge in [-0.2, -0.15) is 5.26 Å². The fourth-order valence-electron chi connectivity index (χ4n) is 3.54. The van der Waals surface area contributed by atoms with E-state index in [0.29, 0.717) is 11.8 Å². The molecule has 0 radical (unpaired) electrons. The van der Waals surface area contributed by atoms with Crippen LogP contribution in [0, 0.1) is 24.1 Å². The van der Waals surface area contributed by atoms with Crippen molar-refractivity contribution in [2.75, 3.05) is 0 Å². The van der Waals surface area contributed by atoms with E-state index in [1.807, 2.05) is 19.1 Å². The van der Waals surface area contributed by atoms with Crippen LogP contribution in [0.1, 0.15) is 36.6 Å². The summed E-state index contributed by atoms with van der Waals surface area (Å²) < 4.78 is 21.4. The van der Waals surface area contributed by atoms with Gasteiger partial charge in [0.05, 0.1) is 11.3 Å². The number of hydrogen-bond acceptors (Lipinski definition) is 4. The lowest BCUT2D eigenvalue weighted by Crippen LogP contribution is -2.14. The fourth-order valence-corrected chi connectivity index (χ4v) is 3.54. The van der Waals surface area contributed by atoms with E-state index in [1.54, 1.807) is 6.33 Å². The minimum atomic E-state index is -0.429. The lowest BCUT2D eigenvalue weighted by Gasteiger charge is -2.16. The second kappa shape index (κ2) is 6.17. The molecule has 1 aliphatic rings. The van der Waals surface area contributed by atoms with E-state index in [4.69, 9.17) is 10.00 Å². The van der Waals surface area contributed by atoms with Crippen LogP contribution >= 0.6 is 0 Å². The zero-order chi connectivity index (χ0) is 17.4. The molecule has 126 valence electrons. The quantitative estimate of drug-likeness (QED) is 0.727. The number of fused-ring (bicyclic) bond motifs is 1. The minimum absolute atomic E-state index is 0.00273. The zero-order valence-corrected chi connectivity index (χ0v) is 13.8. The van der Waals surface area contributed by atoms with Gasteiger partial charge in [0.15, 0.2) is 0 Å². The molecule has 0 aliphatic heterocycles. The molecule has 25 heavy (non-hydrogen) atoms. The standard InChI is InChI=1S/C19H17FN4O/c1-12-17-6-7-24(19(17)23-11-22-12)15-3-4-16(9-15)25-18-5-2-14(20)8-13(18)10-21/h2,5-8,11,15-16H,3-4,9H2,1H3/t15?,16-/m1/s1. The second-order valence-corrected chi connectivity index (χ2v) is 6.38. The summed E-state index contributed by atoms with van der Waals surface area (Å²) in [7, 11) is 0. The van der Waals surface area contributed by atoms with Gasteiger partial charge >= 0.3 is 0 Å². The highest BCUT2D eigenvalue weighted by Crippen LogP contribution is 2.35. The summed E-state index contributed by atoms with van der Waals surface area (Å²) in [6.07, 6.45) is 6.34. The second-order valence-electron chi connectivity index (χ2n) is 6.38. The summed E-state index contributed by atoms with van der Waals surface area (Å²) in [5, 5.41) is 10.2. The minimum Gasteiger partial charge on any atom is -0.489 e. The Kier molecular flexibility index (Phi) is 3.85. The zero-order valence-electron chi connectivity index (χ0n) is 13.8. The third-order valence-electron chi connectivity index (χ3n) is 4.81. The molecular weight excluding hydrogens is 319 g/mol. The normalized spacial score (nSPS) is 19.9. The molecule has 3 aromatic rings. The van der Waals surface area contributed by atoms with Gasteiger partial charge in [-0.3, -0.25) is 0 Å². The van der Waals surface area contributed by atoms with Gasteiger partial charge in [-0.05, 0) is 44.0 Å². The van der Waals surface area contributed by atoms with Crippen molar-refractivity contribution < 1.29 is 9.13 Å². The molecule has 2 aromatic heterocycles. The van der Waals surface area contributed by atoms with Crippen molar-refractivity contribution in [2.45, 2.75) is 38.3 Å². The number of benzene rings is 1. The molecule has 0 spiro atoms. The lowest BCUT2D eigenvalue weighted by atomic mass is 10.2. The maximum Gasteiger partial charge on any atom is 0.143 e. The number of halogens is 1.